The highest BCUT2D eigenvalue weighted by atomic mass is 32.2. The van der Waals surface area contributed by atoms with Crippen molar-refractivity contribution in [1.82, 2.24) is 10.2 Å². The number of benzene rings is 4. The number of Topliss-reactive ketones (excluding diaryl/α,β-unsaturated/α-hetero) is 1. The van der Waals surface area contributed by atoms with Crippen molar-refractivity contribution in [3.05, 3.63) is 101 Å². The van der Waals surface area contributed by atoms with Crippen LogP contribution < -0.4 is 23.8 Å². The summed E-state index contributed by atoms with van der Waals surface area (Å²) < 4.78 is 36.8. The summed E-state index contributed by atoms with van der Waals surface area (Å²) in [6.07, 6.45) is 0. The van der Waals surface area contributed by atoms with Gasteiger partial charge in [-0.05, 0) is 52.2 Å². The molecule has 1 N–H and O–H groups in total. The monoisotopic (exact) mass is 673 g/mol. The standard InChI is InChI=1S/C34H28FN3O7S2/c1-42-24-13-12-19(14-23(24)35)29(39)27-28(21-15-25(43-2)31(45-4)26(16-21)44-3)38(32(41)30(27)40)33-36-37-34(47-33)46-17-20-10-7-9-18-8-5-6-11-22(18)20/h5-16,28,39H,17H2,1-4H3/t28-/m1/s1. The maximum atomic E-state index is 14.7. The molecule has 1 aliphatic rings. The van der Waals surface area contributed by atoms with Gasteiger partial charge in [-0.2, -0.15) is 0 Å². The minimum atomic E-state index is -1.21. The van der Waals surface area contributed by atoms with E-state index in [0.29, 0.717) is 15.7 Å². The number of aliphatic hydroxyl groups is 1. The van der Waals surface area contributed by atoms with Crippen molar-refractivity contribution in [1.29, 1.82) is 0 Å². The number of aliphatic hydroxyl groups excluding tert-OH is 1. The molecule has 0 unspecified atom stereocenters. The first-order valence-electron chi connectivity index (χ1n) is 14.2. The van der Waals surface area contributed by atoms with Crippen molar-refractivity contribution in [3.63, 3.8) is 0 Å². The van der Waals surface area contributed by atoms with Gasteiger partial charge in [-0.3, -0.25) is 14.5 Å². The van der Waals surface area contributed by atoms with Gasteiger partial charge in [-0.25, -0.2) is 4.39 Å². The van der Waals surface area contributed by atoms with E-state index >= 15 is 0 Å². The first-order chi connectivity index (χ1) is 22.8. The Labute approximate surface area is 277 Å². The van der Waals surface area contributed by atoms with Gasteiger partial charge < -0.3 is 24.1 Å². The summed E-state index contributed by atoms with van der Waals surface area (Å²) in [5.41, 5.74) is 1.14. The maximum absolute atomic E-state index is 14.7. The molecule has 4 aromatic carbocycles. The largest absolute Gasteiger partial charge is 0.507 e. The van der Waals surface area contributed by atoms with E-state index in [1.807, 2.05) is 36.4 Å². The van der Waals surface area contributed by atoms with Crippen LogP contribution in [0, 0.1) is 5.82 Å². The zero-order chi connectivity index (χ0) is 33.2. The van der Waals surface area contributed by atoms with E-state index in [0.717, 1.165) is 33.7 Å². The molecule has 1 saturated heterocycles. The molecule has 0 radical (unpaired) electrons. The van der Waals surface area contributed by atoms with E-state index in [9.17, 15) is 19.1 Å². The van der Waals surface area contributed by atoms with Crippen LogP contribution in [0.1, 0.15) is 22.7 Å². The summed E-state index contributed by atoms with van der Waals surface area (Å²) in [5.74, 6) is -1.93. The van der Waals surface area contributed by atoms with E-state index in [1.165, 1.54) is 57.2 Å². The predicted molar refractivity (Wildman–Crippen MR) is 177 cm³/mol. The summed E-state index contributed by atoms with van der Waals surface area (Å²) in [6.45, 7) is 0. The lowest BCUT2D eigenvalue weighted by molar-refractivity contribution is -0.132. The molecular formula is C34H28FN3O7S2. The molecule has 1 aliphatic heterocycles. The molecule has 47 heavy (non-hydrogen) atoms. The van der Waals surface area contributed by atoms with Gasteiger partial charge in [-0.15, -0.1) is 10.2 Å². The summed E-state index contributed by atoms with van der Waals surface area (Å²) in [5, 5.41) is 22.5. The molecule has 2 heterocycles. The Bertz CT molecular complexity index is 2020. The van der Waals surface area contributed by atoms with Crippen LogP contribution in [0.15, 0.2) is 82.7 Å². The predicted octanol–water partition coefficient (Wildman–Crippen LogP) is 6.78. The van der Waals surface area contributed by atoms with Crippen molar-refractivity contribution < 1.29 is 38.0 Å². The van der Waals surface area contributed by atoms with E-state index in [-0.39, 0.29) is 39.3 Å². The normalized spacial score (nSPS) is 15.7. The summed E-state index contributed by atoms with van der Waals surface area (Å²) >= 11 is 2.57. The minimum Gasteiger partial charge on any atom is -0.507 e. The Balaban J connectivity index is 1.44. The molecule has 0 spiro atoms. The van der Waals surface area contributed by atoms with Gasteiger partial charge in [0.25, 0.3) is 5.78 Å². The second kappa shape index (κ2) is 13.3. The Kier molecular flexibility index (Phi) is 9.01. The van der Waals surface area contributed by atoms with Crippen molar-refractivity contribution >= 4 is 56.5 Å². The number of ketones is 1. The first kappa shape index (κ1) is 31.8. The number of thioether (sulfide) groups is 1. The van der Waals surface area contributed by atoms with Crippen LogP contribution in [0.5, 0.6) is 23.0 Å². The molecule has 5 aromatic rings. The van der Waals surface area contributed by atoms with E-state index in [2.05, 4.69) is 16.3 Å². The van der Waals surface area contributed by atoms with Gasteiger partial charge in [0.05, 0.1) is 40.1 Å². The number of amides is 1. The van der Waals surface area contributed by atoms with E-state index < -0.39 is 29.3 Å². The Morgan fingerprint density at radius 3 is 2.28 bits per heavy atom. The number of hydrogen-bond acceptors (Lipinski definition) is 11. The zero-order valence-corrected chi connectivity index (χ0v) is 27.3. The zero-order valence-electron chi connectivity index (χ0n) is 25.6. The average Bonchev–Trinajstić information content (AvgIpc) is 3.67. The number of fused-ring (bicyclic) bond motifs is 1. The molecule has 1 atom stereocenters. The molecule has 0 saturated carbocycles. The summed E-state index contributed by atoms with van der Waals surface area (Å²) in [6, 6.07) is 19.8. The molecule has 1 aromatic heterocycles. The smallest absolute Gasteiger partial charge is 0.301 e. The number of methoxy groups -OCH3 is 4. The molecule has 13 heteroatoms. The number of nitrogens with zero attached hydrogens (tertiary/aromatic N) is 3. The van der Waals surface area contributed by atoms with E-state index in [1.54, 1.807) is 12.1 Å². The van der Waals surface area contributed by atoms with Gasteiger partial charge in [0.15, 0.2) is 27.4 Å². The molecule has 0 aliphatic carbocycles. The van der Waals surface area contributed by atoms with Crippen LogP contribution in [-0.4, -0.2) is 55.4 Å². The number of carbonyl (C=O) groups excluding carboxylic acids is 2. The number of rotatable bonds is 10. The third kappa shape index (κ3) is 5.83. The second-order valence-corrected chi connectivity index (χ2v) is 12.4. The summed E-state index contributed by atoms with van der Waals surface area (Å²) in [7, 11) is 5.62. The Morgan fingerprint density at radius 1 is 0.894 bits per heavy atom. The van der Waals surface area contributed by atoms with Gasteiger partial charge in [0.1, 0.15) is 5.76 Å². The molecule has 1 fully saturated rings. The lowest BCUT2D eigenvalue weighted by Crippen LogP contribution is -2.29. The average molecular weight is 674 g/mol. The number of aromatic nitrogens is 2. The fraction of sp³-hybridized carbons (Fsp3) is 0.176. The number of hydrogen-bond donors (Lipinski definition) is 1. The quantitative estimate of drug-likeness (QED) is 0.0558. The van der Waals surface area contributed by atoms with Crippen molar-refractivity contribution in [2.45, 2.75) is 16.1 Å². The van der Waals surface area contributed by atoms with Crippen LogP contribution >= 0.6 is 23.1 Å². The van der Waals surface area contributed by atoms with Crippen molar-refractivity contribution in [2.24, 2.45) is 0 Å². The highest BCUT2D eigenvalue weighted by Crippen LogP contribution is 2.48. The van der Waals surface area contributed by atoms with Crippen LogP contribution in [0.2, 0.25) is 0 Å². The number of anilines is 1. The third-order valence-electron chi connectivity index (χ3n) is 7.71. The molecular weight excluding hydrogens is 646 g/mol. The van der Waals surface area contributed by atoms with Gasteiger partial charge in [0, 0.05) is 11.3 Å². The first-order valence-corrected chi connectivity index (χ1v) is 16.0. The topological polar surface area (TPSA) is 120 Å². The van der Waals surface area contributed by atoms with Crippen LogP contribution in [-0.2, 0) is 15.3 Å². The van der Waals surface area contributed by atoms with Crippen LogP contribution in [0.4, 0.5) is 9.52 Å². The molecule has 240 valence electrons. The third-order valence-corrected chi connectivity index (χ3v) is 9.81. The van der Waals surface area contributed by atoms with Gasteiger partial charge >= 0.3 is 5.91 Å². The minimum absolute atomic E-state index is 0.0256. The molecule has 1 amide bonds. The highest BCUT2D eigenvalue weighted by Gasteiger charge is 2.49. The molecule has 10 nitrogen and oxygen atoms in total. The highest BCUT2D eigenvalue weighted by molar-refractivity contribution is 8.00. The molecule has 0 bridgehead atoms. The number of halogens is 1. The van der Waals surface area contributed by atoms with Gasteiger partial charge in [-0.1, -0.05) is 65.6 Å². The lowest BCUT2D eigenvalue weighted by Gasteiger charge is -2.24. The van der Waals surface area contributed by atoms with Gasteiger partial charge in [0.2, 0.25) is 10.9 Å². The lowest BCUT2D eigenvalue weighted by atomic mass is 9.94. The van der Waals surface area contributed by atoms with Crippen LogP contribution in [0.3, 0.4) is 0 Å². The number of carbonyl (C=O) groups is 2. The molecule has 6 rings (SSSR count). The SMILES string of the molecule is COc1ccc(C(O)=C2C(=O)C(=O)N(c3nnc(SCc4cccc5ccccc45)s3)[C@@H]2c2cc(OC)c(OC)c(OC)c2)cc1F. The van der Waals surface area contributed by atoms with Crippen molar-refractivity contribution in [3.8, 4) is 23.0 Å². The second-order valence-electron chi connectivity index (χ2n) is 10.3. The Hall–Kier alpha value is -5.14. The number of ether oxygens (including phenoxy) is 4. The summed E-state index contributed by atoms with van der Waals surface area (Å²) in [4.78, 5) is 28.6. The van der Waals surface area contributed by atoms with Crippen LogP contribution in [0.25, 0.3) is 16.5 Å². The fourth-order valence-electron chi connectivity index (χ4n) is 5.49. The van der Waals surface area contributed by atoms with Crippen molar-refractivity contribution in [2.75, 3.05) is 33.3 Å². The Morgan fingerprint density at radius 2 is 1.60 bits per heavy atom. The maximum Gasteiger partial charge on any atom is 0.301 e. The fourth-order valence-corrected chi connectivity index (χ4v) is 7.36. The van der Waals surface area contributed by atoms with E-state index in [4.69, 9.17) is 18.9 Å².